The van der Waals surface area contributed by atoms with Crippen LogP contribution in [0.4, 0.5) is 5.69 Å². The average molecular weight is 131 g/mol. The molecule has 0 aromatic heterocycles. The molecule has 0 heterocycles. The Morgan fingerprint density at radius 3 is 2.90 bits per heavy atom. The lowest BCUT2D eigenvalue weighted by atomic mass is 9.96. The van der Waals surface area contributed by atoms with E-state index in [2.05, 4.69) is 12.2 Å². The van der Waals surface area contributed by atoms with Crippen LogP contribution in [0.15, 0.2) is 24.3 Å². The molecule has 1 nitrogen and oxygen atoms in total. The lowest BCUT2D eigenvalue weighted by molar-refractivity contribution is 1.21. The minimum absolute atomic E-state index is 0.804. The Bertz CT molecular complexity index is 210. The summed E-state index contributed by atoms with van der Waals surface area (Å²) < 4.78 is 0. The van der Waals surface area contributed by atoms with Gasteiger partial charge in [0, 0.05) is 12.2 Å². The number of nitrogens with one attached hydrogen (secondary N) is 1. The van der Waals surface area contributed by atoms with Crippen LogP contribution in [0.1, 0.15) is 6.92 Å². The highest BCUT2D eigenvalue weighted by Gasteiger charge is 1.86. The van der Waals surface area contributed by atoms with Crippen molar-refractivity contribution in [1.82, 2.24) is 0 Å². The minimum atomic E-state index is 0.804. The number of benzene rings is 1. The Morgan fingerprint density at radius 1 is 1.50 bits per heavy atom. The van der Waals surface area contributed by atoms with Crippen molar-refractivity contribution in [2.24, 2.45) is 0 Å². The van der Waals surface area contributed by atoms with Gasteiger partial charge in [0.05, 0.1) is 0 Å². The molecule has 50 valence electrons. The molecule has 0 spiro atoms. The molecule has 0 atom stereocenters. The van der Waals surface area contributed by atoms with Crippen LogP contribution in [0.3, 0.4) is 0 Å². The van der Waals surface area contributed by atoms with E-state index in [1.165, 1.54) is 0 Å². The Balaban J connectivity index is 2.75. The van der Waals surface area contributed by atoms with Crippen LogP contribution in [0.2, 0.25) is 0 Å². The Morgan fingerprint density at radius 2 is 2.30 bits per heavy atom. The summed E-state index contributed by atoms with van der Waals surface area (Å²) in [6.45, 7) is 2.99. The van der Waals surface area contributed by atoms with Crippen LogP contribution < -0.4 is 10.8 Å². The molecule has 0 amide bonds. The first-order valence-corrected chi connectivity index (χ1v) is 3.42. The quantitative estimate of drug-likeness (QED) is 0.588. The molecule has 1 N–H and O–H groups in total. The maximum absolute atomic E-state index is 5.55. The van der Waals surface area contributed by atoms with E-state index in [4.69, 9.17) is 7.85 Å². The van der Waals surface area contributed by atoms with Crippen LogP contribution in [0.25, 0.3) is 0 Å². The van der Waals surface area contributed by atoms with Crippen LogP contribution in [-0.4, -0.2) is 14.4 Å². The van der Waals surface area contributed by atoms with E-state index in [0.29, 0.717) is 0 Å². The molecule has 0 aliphatic rings. The van der Waals surface area contributed by atoms with Gasteiger partial charge in [-0.3, -0.25) is 0 Å². The molecule has 2 heteroatoms. The fraction of sp³-hybridized carbons (Fsp3) is 0.250. The second-order valence-electron chi connectivity index (χ2n) is 2.16. The third-order valence-corrected chi connectivity index (χ3v) is 1.27. The van der Waals surface area contributed by atoms with Crippen molar-refractivity contribution in [1.29, 1.82) is 0 Å². The summed E-state index contributed by atoms with van der Waals surface area (Å²) in [5.74, 6) is 0. The Hall–Kier alpha value is -0.915. The van der Waals surface area contributed by atoms with Gasteiger partial charge >= 0.3 is 0 Å². The van der Waals surface area contributed by atoms with E-state index in [0.717, 1.165) is 17.7 Å². The fourth-order valence-electron chi connectivity index (χ4n) is 0.853. The van der Waals surface area contributed by atoms with Gasteiger partial charge in [-0.1, -0.05) is 17.6 Å². The summed E-state index contributed by atoms with van der Waals surface area (Å²) in [5, 5.41) is 3.17. The van der Waals surface area contributed by atoms with Gasteiger partial charge in [0.25, 0.3) is 0 Å². The predicted octanol–water partition coefficient (Wildman–Crippen LogP) is 0.912. The summed E-state index contributed by atoms with van der Waals surface area (Å²) in [6, 6.07) is 7.73. The highest BCUT2D eigenvalue weighted by Crippen LogP contribution is 2.01. The lowest BCUT2D eigenvalue weighted by Gasteiger charge is -2.02. The number of anilines is 1. The first kappa shape index (κ1) is 7.20. The molecule has 1 aromatic rings. The Labute approximate surface area is 62.9 Å². The van der Waals surface area contributed by atoms with Crippen molar-refractivity contribution in [3.05, 3.63) is 24.3 Å². The van der Waals surface area contributed by atoms with E-state index >= 15 is 0 Å². The minimum Gasteiger partial charge on any atom is -0.385 e. The molecular formula is C8H10BN. The van der Waals surface area contributed by atoms with E-state index in [1.807, 2.05) is 24.3 Å². The van der Waals surface area contributed by atoms with Gasteiger partial charge < -0.3 is 5.32 Å². The molecule has 1 rings (SSSR count). The van der Waals surface area contributed by atoms with Gasteiger partial charge in [-0.15, -0.1) is 0 Å². The second kappa shape index (κ2) is 3.30. The topological polar surface area (TPSA) is 12.0 Å². The zero-order valence-electron chi connectivity index (χ0n) is 6.09. The molecule has 1 aromatic carbocycles. The van der Waals surface area contributed by atoms with Gasteiger partial charge in [0.2, 0.25) is 0 Å². The van der Waals surface area contributed by atoms with Crippen molar-refractivity contribution in [2.75, 3.05) is 11.9 Å². The van der Waals surface area contributed by atoms with Gasteiger partial charge in [-0.25, -0.2) is 0 Å². The second-order valence-corrected chi connectivity index (χ2v) is 2.16. The third-order valence-electron chi connectivity index (χ3n) is 1.27. The van der Waals surface area contributed by atoms with Gasteiger partial charge in [0.15, 0.2) is 0 Å². The van der Waals surface area contributed by atoms with Crippen molar-refractivity contribution < 1.29 is 0 Å². The third kappa shape index (κ3) is 1.80. The van der Waals surface area contributed by atoms with Crippen LogP contribution >= 0.6 is 0 Å². The molecule has 0 aliphatic heterocycles. The van der Waals surface area contributed by atoms with Gasteiger partial charge in [-0.05, 0) is 19.1 Å². The predicted molar refractivity (Wildman–Crippen MR) is 46.0 cm³/mol. The SMILES string of the molecule is [B]c1cccc(NCC)c1. The summed E-state index contributed by atoms with van der Waals surface area (Å²) in [6.07, 6.45) is 0. The Kier molecular flexibility index (Phi) is 2.38. The fourth-order valence-corrected chi connectivity index (χ4v) is 0.853. The summed E-state index contributed by atoms with van der Waals surface area (Å²) in [4.78, 5) is 0. The van der Waals surface area contributed by atoms with Crippen molar-refractivity contribution in [3.63, 3.8) is 0 Å². The molecule has 0 saturated heterocycles. The standard InChI is InChI=1S/C8H10BN/c1-2-10-8-5-3-4-7(9)6-8/h3-6,10H,2H2,1H3. The number of hydrogen-bond acceptors (Lipinski definition) is 1. The molecule has 0 unspecified atom stereocenters. The van der Waals surface area contributed by atoms with E-state index in [1.54, 1.807) is 0 Å². The monoisotopic (exact) mass is 131 g/mol. The van der Waals surface area contributed by atoms with E-state index in [-0.39, 0.29) is 0 Å². The molecular weight excluding hydrogens is 121 g/mol. The van der Waals surface area contributed by atoms with Crippen molar-refractivity contribution >= 4 is 19.0 Å². The van der Waals surface area contributed by atoms with Gasteiger partial charge in [0.1, 0.15) is 7.85 Å². The number of hydrogen-bond donors (Lipinski definition) is 1. The maximum atomic E-state index is 5.55. The average Bonchev–Trinajstić information content (AvgIpc) is 1.88. The van der Waals surface area contributed by atoms with Crippen molar-refractivity contribution in [2.45, 2.75) is 6.92 Å². The first-order valence-electron chi connectivity index (χ1n) is 3.42. The van der Waals surface area contributed by atoms with Crippen LogP contribution in [0, 0.1) is 0 Å². The van der Waals surface area contributed by atoms with E-state index in [9.17, 15) is 0 Å². The number of rotatable bonds is 2. The van der Waals surface area contributed by atoms with Crippen molar-refractivity contribution in [3.8, 4) is 0 Å². The van der Waals surface area contributed by atoms with E-state index < -0.39 is 0 Å². The zero-order chi connectivity index (χ0) is 7.40. The normalized spacial score (nSPS) is 9.30. The smallest absolute Gasteiger partial charge is 0.113 e. The largest absolute Gasteiger partial charge is 0.385 e. The summed E-state index contributed by atoms with van der Waals surface area (Å²) in [5.41, 5.74) is 1.89. The highest BCUT2D eigenvalue weighted by molar-refractivity contribution is 6.32. The van der Waals surface area contributed by atoms with Crippen LogP contribution in [-0.2, 0) is 0 Å². The van der Waals surface area contributed by atoms with Gasteiger partial charge in [-0.2, -0.15) is 0 Å². The molecule has 0 aliphatic carbocycles. The van der Waals surface area contributed by atoms with Crippen LogP contribution in [0.5, 0.6) is 0 Å². The summed E-state index contributed by atoms with van der Waals surface area (Å²) >= 11 is 0. The molecule has 0 bridgehead atoms. The molecule has 10 heavy (non-hydrogen) atoms. The highest BCUT2D eigenvalue weighted by atomic mass is 14.8. The lowest BCUT2D eigenvalue weighted by Crippen LogP contribution is -2.04. The first-order chi connectivity index (χ1) is 4.83. The molecule has 2 radical (unpaired) electrons. The molecule has 0 saturated carbocycles. The zero-order valence-corrected chi connectivity index (χ0v) is 6.09. The summed E-state index contributed by atoms with van der Waals surface area (Å²) in [7, 11) is 5.55. The maximum Gasteiger partial charge on any atom is 0.113 e. The molecule has 0 fully saturated rings.